The summed E-state index contributed by atoms with van der Waals surface area (Å²) in [5.74, 6) is -1.04. The Labute approximate surface area is 236 Å². The molecule has 0 aliphatic heterocycles. The first-order valence-corrected chi connectivity index (χ1v) is 13.6. The van der Waals surface area contributed by atoms with E-state index in [4.69, 9.17) is 11.6 Å². The van der Waals surface area contributed by atoms with Crippen molar-refractivity contribution in [3.63, 3.8) is 0 Å². The standard InChI is InChI=1S/C31H36ClN5O2/c1-5-36(6-2)25-17-13-23(14-18-25)21-29(34-30(38)27-11-9-10-12-28(27)32)31(39)35-33-22-24-15-19-26(20-16-24)37(7-3)8-4/h9-22H,5-8H2,1-4H3,(H,34,38)(H,35,39)/b29-21-,33-22?. The van der Waals surface area contributed by atoms with Gasteiger partial charge in [0.25, 0.3) is 11.8 Å². The van der Waals surface area contributed by atoms with E-state index in [2.05, 4.69) is 53.3 Å². The lowest BCUT2D eigenvalue weighted by Gasteiger charge is -2.21. The van der Waals surface area contributed by atoms with Crippen LogP contribution in [0.2, 0.25) is 5.02 Å². The summed E-state index contributed by atoms with van der Waals surface area (Å²) >= 11 is 6.21. The molecule has 0 radical (unpaired) electrons. The highest BCUT2D eigenvalue weighted by molar-refractivity contribution is 6.34. The third-order valence-corrected chi connectivity index (χ3v) is 6.67. The van der Waals surface area contributed by atoms with Gasteiger partial charge in [0.15, 0.2) is 0 Å². The van der Waals surface area contributed by atoms with E-state index in [1.165, 1.54) is 0 Å². The molecule has 0 saturated heterocycles. The van der Waals surface area contributed by atoms with Gasteiger partial charge in [0.2, 0.25) is 0 Å². The number of hydrogen-bond donors (Lipinski definition) is 2. The van der Waals surface area contributed by atoms with Crippen molar-refractivity contribution in [2.45, 2.75) is 27.7 Å². The Morgan fingerprint density at radius 3 is 1.79 bits per heavy atom. The summed E-state index contributed by atoms with van der Waals surface area (Å²) in [6, 6.07) is 22.4. The first-order valence-electron chi connectivity index (χ1n) is 13.2. The molecule has 0 heterocycles. The summed E-state index contributed by atoms with van der Waals surface area (Å²) in [6.45, 7) is 12.1. The number of hydrazone groups is 1. The van der Waals surface area contributed by atoms with Gasteiger partial charge in [-0.1, -0.05) is 48.0 Å². The van der Waals surface area contributed by atoms with Crippen molar-refractivity contribution in [2.24, 2.45) is 5.10 Å². The second-order valence-corrected chi connectivity index (χ2v) is 9.13. The number of halogens is 1. The van der Waals surface area contributed by atoms with Gasteiger partial charge in [-0.25, -0.2) is 5.43 Å². The van der Waals surface area contributed by atoms with Crippen molar-refractivity contribution < 1.29 is 9.59 Å². The Morgan fingerprint density at radius 2 is 1.28 bits per heavy atom. The van der Waals surface area contributed by atoms with Gasteiger partial charge in [0.1, 0.15) is 5.70 Å². The molecule has 0 unspecified atom stereocenters. The van der Waals surface area contributed by atoms with Crippen LogP contribution in [0, 0.1) is 0 Å². The molecule has 0 spiro atoms. The topological polar surface area (TPSA) is 77.0 Å². The van der Waals surface area contributed by atoms with Crippen LogP contribution in [-0.4, -0.2) is 44.2 Å². The normalized spacial score (nSPS) is 11.4. The lowest BCUT2D eigenvalue weighted by atomic mass is 10.1. The average Bonchev–Trinajstić information content (AvgIpc) is 2.95. The second kappa shape index (κ2) is 14.7. The number of rotatable bonds is 12. The lowest BCUT2D eigenvalue weighted by molar-refractivity contribution is -0.117. The summed E-state index contributed by atoms with van der Waals surface area (Å²) in [5.41, 5.74) is 6.64. The molecule has 0 atom stereocenters. The smallest absolute Gasteiger partial charge is 0.287 e. The van der Waals surface area contributed by atoms with Crippen molar-refractivity contribution >= 4 is 47.1 Å². The molecule has 2 amide bonds. The Morgan fingerprint density at radius 1 is 0.769 bits per heavy atom. The van der Waals surface area contributed by atoms with Crippen LogP contribution in [0.5, 0.6) is 0 Å². The SMILES string of the molecule is CCN(CC)c1ccc(C=NNC(=O)/C(=C/c2ccc(N(CC)CC)cc2)NC(=O)c2ccccc2Cl)cc1. The molecule has 0 bridgehead atoms. The summed E-state index contributed by atoms with van der Waals surface area (Å²) in [4.78, 5) is 30.6. The fourth-order valence-electron chi connectivity index (χ4n) is 4.12. The highest BCUT2D eigenvalue weighted by atomic mass is 35.5. The molecular weight excluding hydrogens is 510 g/mol. The molecule has 0 aliphatic rings. The highest BCUT2D eigenvalue weighted by Crippen LogP contribution is 2.18. The molecule has 2 N–H and O–H groups in total. The van der Waals surface area contributed by atoms with Crippen LogP contribution in [0.25, 0.3) is 6.08 Å². The fraction of sp³-hybridized carbons (Fsp3) is 0.258. The van der Waals surface area contributed by atoms with Crippen LogP contribution in [0.1, 0.15) is 49.2 Å². The number of amides is 2. The maximum Gasteiger partial charge on any atom is 0.287 e. The summed E-state index contributed by atoms with van der Waals surface area (Å²) in [5, 5.41) is 7.11. The Bertz CT molecular complexity index is 1300. The van der Waals surface area contributed by atoms with Crippen LogP contribution in [-0.2, 0) is 4.79 Å². The zero-order valence-electron chi connectivity index (χ0n) is 22.9. The van der Waals surface area contributed by atoms with Crippen LogP contribution in [0.4, 0.5) is 11.4 Å². The maximum absolute atomic E-state index is 13.1. The first-order chi connectivity index (χ1) is 18.9. The number of carbonyl (C=O) groups is 2. The van der Waals surface area contributed by atoms with Gasteiger partial charge in [0.05, 0.1) is 16.8 Å². The molecule has 0 aromatic heterocycles. The van der Waals surface area contributed by atoms with Gasteiger partial charge < -0.3 is 15.1 Å². The minimum absolute atomic E-state index is 0.0459. The van der Waals surface area contributed by atoms with Gasteiger partial charge in [0, 0.05) is 37.6 Å². The molecular formula is C31H36ClN5O2. The summed E-state index contributed by atoms with van der Waals surface area (Å²) in [6.07, 6.45) is 3.18. The van der Waals surface area contributed by atoms with Gasteiger partial charge in [-0.15, -0.1) is 0 Å². The quantitative estimate of drug-likeness (QED) is 0.167. The third-order valence-electron chi connectivity index (χ3n) is 6.35. The molecule has 204 valence electrons. The molecule has 7 nitrogen and oxygen atoms in total. The van der Waals surface area contributed by atoms with Crippen molar-refractivity contribution in [3.05, 3.63) is 100 Å². The van der Waals surface area contributed by atoms with E-state index in [0.717, 1.165) is 48.7 Å². The summed E-state index contributed by atoms with van der Waals surface area (Å²) < 4.78 is 0. The second-order valence-electron chi connectivity index (χ2n) is 8.72. The molecule has 39 heavy (non-hydrogen) atoms. The summed E-state index contributed by atoms with van der Waals surface area (Å²) in [7, 11) is 0. The van der Waals surface area contributed by atoms with E-state index in [-0.39, 0.29) is 11.3 Å². The fourth-order valence-corrected chi connectivity index (χ4v) is 4.34. The van der Waals surface area contributed by atoms with Crippen LogP contribution in [0.15, 0.2) is 83.6 Å². The van der Waals surface area contributed by atoms with Crippen LogP contribution < -0.4 is 20.5 Å². The van der Waals surface area contributed by atoms with E-state index < -0.39 is 11.8 Å². The van der Waals surface area contributed by atoms with Crippen molar-refractivity contribution in [1.29, 1.82) is 0 Å². The third kappa shape index (κ3) is 8.19. The van der Waals surface area contributed by atoms with Crippen molar-refractivity contribution in [3.8, 4) is 0 Å². The molecule has 3 aromatic carbocycles. The number of hydrogen-bond acceptors (Lipinski definition) is 5. The van der Waals surface area contributed by atoms with Crippen LogP contribution >= 0.6 is 11.6 Å². The Hall–Kier alpha value is -4.10. The molecule has 3 aromatic rings. The zero-order valence-corrected chi connectivity index (χ0v) is 23.7. The minimum Gasteiger partial charge on any atom is -0.372 e. The first kappa shape index (κ1) is 29.5. The Kier molecular flexibility index (Phi) is 11.1. The van der Waals surface area contributed by atoms with E-state index in [1.54, 1.807) is 36.6 Å². The number of benzene rings is 3. The Balaban J connectivity index is 1.81. The molecule has 3 rings (SSSR count). The maximum atomic E-state index is 13.1. The minimum atomic E-state index is -0.556. The van der Waals surface area contributed by atoms with Crippen molar-refractivity contribution in [1.82, 2.24) is 10.7 Å². The van der Waals surface area contributed by atoms with Gasteiger partial charge in [-0.05, 0) is 81.3 Å². The predicted octanol–water partition coefficient (Wildman–Crippen LogP) is 5.95. The average molecular weight is 546 g/mol. The van der Waals surface area contributed by atoms with E-state index in [1.807, 2.05) is 48.5 Å². The molecule has 8 heteroatoms. The van der Waals surface area contributed by atoms with Gasteiger partial charge in [-0.3, -0.25) is 9.59 Å². The van der Waals surface area contributed by atoms with Gasteiger partial charge >= 0.3 is 0 Å². The van der Waals surface area contributed by atoms with Crippen molar-refractivity contribution in [2.75, 3.05) is 36.0 Å². The van der Waals surface area contributed by atoms with Crippen LogP contribution in [0.3, 0.4) is 0 Å². The molecule has 0 aliphatic carbocycles. The lowest BCUT2D eigenvalue weighted by Crippen LogP contribution is -2.33. The highest BCUT2D eigenvalue weighted by Gasteiger charge is 2.16. The number of nitrogens with zero attached hydrogens (tertiary/aromatic N) is 3. The molecule has 0 fully saturated rings. The molecule has 0 saturated carbocycles. The number of carbonyl (C=O) groups excluding carboxylic acids is 2. The zero-order chi connectivity index (χ0) is 28.2. The number of nitrogens with one attached hydrogen (secondary N) is 2. The van der Waals surface area contributed by atoms with E-state index in [0.29, 0.717) is 5.02 Å². The monoisotopic (exact) mass is 545 g/mol. The predicted molar refractivity (Wildman–Crippen MR) is 163 cm³/mol. The van der Waals surface area contributed by atoms with E-state index >= 15 is 0 Å². The van der Waals surface area contributed by atoms with Gasteiger partial charge in [-0.2, -0.15) is 5.10 Å². The largest absolute Gasteiger partial charge is 0.372 e. The number of anilines is 2. The van der Waals surface area contributed by atoms with E-state index in [9.17, 15) is 9.59 Å².